The monoisotopic (exact) mass is 278 g/mol. The molecule has 1 unspecified atom stereocenters. The van der Waals surface area contributed by atoms with Crippen molar-refractivity contribution in [3.8, 4) is 0 Å². The number of nitrogens with one attached hydrogen (secondary N) is 1. The first-order valence-electron chi connectivity index (χ1n) is 7.39. The summed E-state index contributed by atoms with van der Waals surface area (Å²) in [5.41, 5.74) is 7.08. The Bertz CT molecular complexity index is 368. The number of carbonyl (C=O) groups excluding carboxylic acids is 1. The molecule has 1 rings (SSSR count). The maximum absolute atomic E-state index is 11.8. The molecule has 0 heterocycles. The zero-order valence-electron chi connectivity index (χ0n) is 12.3. The number of unbranched alkanes of at least 4 members (excludes halogenated alkanes) is 1. The van der Waals surface area contributed by atoms with Gasteiger partial charge in [0.15, 0.2) is 0 Å². The van der Waals surface area contributed by atoms with Gasteiger partial charge in [0.25, 0.3) is 0 Å². The van der Waals surface area contributed by atoms with Crippen LogP contribution >= 0.6 is 0 Å². The Morgan fingerprint density at radius 2 is 2.05 bits per heavy atom. The number of amides is 1. The summed E-state index contributed by atoms with van der Waals surface area (Å²) in [5.74, 6) is -0.0972. The largest absolute Gasteiger partial charge is 0.380 e. The van der Waals surface area contributed by atoms with Gasteiger partial charge in [-0.15, -0.1) is 0 Å². The highest BCUT2D eigenvalue weighted by molar-refractivity contribution is 5.81. The van der Waals surface area contributed by atoms with Crippen LogP contribution < -0.4 is 11.1 Å². The molecule has 1 atom stereocenters. The van der Waals surface area contributed by atoms with Gasteiger partial charge in [-0.2, -0.15) is 0 Å². The van der Waals surface area contributed by atoms with Crippen LogP contribution in [0.2, 0.25) is 0 Å². The molecule has 4 heteroatoms. The van der Waals surface area contributed by atoms with Gasteiger partial charge in [-0.25, -0.2) is 0 Å². The van der Waals surface area contributed by atoms with Gasteiger partial charge in [0.05, 0.1) is 12.6 Å². The summed E-state index contributed by atoms with van der Waals surface area (Å²) in [6, 6.07) is 9.61. The minimum absolute atomic E-state index is 0.0972. The minimum Gasteiger partial charge on any atom is -0.380 e. The van der Waals surface area contributed by atoms with Crippen LogP contribution in [0.15, 0.2) is 30.3 Å². The zero-order chi connectivity index (χ0) is 14.6. The van der Waals surface area contributed by atoms with Gasteiger partial charge in [0.1, 0.15) is 0 Å². The maximum atomic E-state index is 11.8. The minimum atomic E-state index is -0.453. The lowest BCUT2D eigenvalue weighted by Gasteiger charge is -2.12. The number of ether oxygens (including phenoxy) is 1. The van der Waals surface area contributed by atoms with E-state index in [0.29, 0.717) is 19.6 Å². The van der Waals surface area contributed by atoms with Crippen LogP contribution in [0.3, 0.4) is 0 Å². The Morgan fingerprint density at radius 3 is 2.75 bits per heavy atom. The summed E-state index contributed by atoms with van der Waals surface area (Å²) in [5, 5.41) is 2.81. The number of aryl methyl sites for hydroxylation is 1. The number of carbonyl (C=O) groups is 1. The third-order valence-electron chi connectivity index (χ3n) is 3.11. The van der Waals surface area contributed by atoms with E-state index in [1.165, 1.54) is 5.56 Å². The summed E-state index contributed by atoms with van der Waals surface area (Å²) in [6.45, 7) is 3.96. The molecule has 1 aromatic carbocycles. The predicted molar refractivity (Wildman–Crippen MR) is 81.5 cm³/mol. The summed E-state index contributed by atoms with van der Waals surface area (Å²) in [6.07, 6.45) is 3.66. The fourth-order valence-electron chi connectivity index (χ4n) is 1.82. The highest BCUT2D eigenvalue weighted by Gasteiger charge is 2.12. The lowest BCUT2D eigenvalue weighted by molar-refractivity contribution is -0.122. The maximum Gasteiger partial charge on any atom is 0.237 e. The third kappa shape index (κ3) is 7.26. The molecule has 0 aliphatic rings. The average molecular weight is 278 g/mol. The fraction of sp³-hybridized carbons (Fsp3) is 0.562. The van der Waals surface area contributed by atoms with E-state index in [-0.39, 0.29) is 5.91 Å². The second-order valence-corrected chi connectivity index (χ2v) is 4.89. The molecule has 3 N–H and O–H groups in total. The van der Waals surface area contributed by atoms with Crippen LogP contribution in [0.4, 0.5) is 0 Å². The summed E-state index contributed by atoms with van der Waals surface area (Å²) < 4.78 is 5.38. The topological polar surface area (TPSA) is 64.3 Å². The Hall–Kier alpha value is -1.39. The van der Waals surface area contributed by atoms with Gasteiger partial charge >= 0.3 is 0 Å². The van der Waals surface area contributed by atoms with Crippen LogP contribution in [-0.4, -0.2) is 31.7 Å². The molecule has 0 spiro atoms. The molecule has 0 aliphatic carbocycles. The molecule has 4 nitrogen and oxygen atoms in total. The molecular formula is C16H26N2O2. The van der Waals surface area contributed by atoms with Crippen molar-refractivity contribution in [2.75, 3.05) is 19.8 Å². The zero-order valence-corrected chi connectivity index (χ0v) is 12.3. The molecular weight excluding hydrogens is 252 g/mol. The molecule has 0 bridgehead atoms. The van der Waals surface area contributed by atoms with Gasteiger partial charge in [-0.3, -0.25) is 4.79 Å². The third-order valence-corrected chi connectivity index (χ3v) is 3.11. The molecule has 0 radical (unpaired) electrons. The van der Waals surface area contributed by atoms with Crippen molar-refractivity contribution in [1.29, 1.82) is 0 Å². The molecule has 0 saturated heterocycles. The van der Waals surface area contributed by atoms with Crippen LogP contribution in [0, 0.1) is 0 Å². The number of nitrogens with two attached hydrogens (primary N) is 1. The number of hydrogen-bond donors (Lipinski definition) is 2. The second-order valence-electron chi connectivity index (χ2n) is 4.89. The highest BCUT2D eigenvalue weighted by Crippen LogP contribution is 2.03. The van der Waals surface area contributed by atoms with Gasteiger partial charge < -0.3 is 15.8 Å². The van der Waals surface area contributed by atoms with Crippen LogP contribution in [-0.2, 0) is 16.0 Å². The van der Waals surface area contributed by atoms with Crippen molar-refractivity contribution in [2.24, 2.45) is 5.73 Å². The summed E-state index contributed by atoms with van der Waals surface area (Å²) >= 11 is 0. The Kier molecular flexibility index (Phi) is 8.67. The van der Waals surface area contributed by atoms with E-state index in [1.807, 2.05) is 30.3 Å². The van der Waals surface area contributed by atoms with Crippen molar-refractivity contribution in [1.82, 2.24) is 5.32 Å². The van der Waals surface area contributed by atoms with E-state index in [0.717, 1.165) is 25.9 Å². The molecule has 0 saturated carbocycles. The number of hydrogen-bond acceptors (Lipinski definition) is 3. The van der Waals surface area contributed by atoms with Gasteiger partial charge in [0.2, 0.25) is 5.91 Å². The first-order valence-corrected chi connectivity index (χ1v) is 7.39. The van der Waals surface area contributed by atoms with Gasteiger partial charge in [0, 0.05) is 13.2 Å². The second kappa shape index (κ2) is 10.4. The van der Waals surface area contributed by atoms with Crippen molar-refractivity contribution in [3.05, 3.63) is 35.9 Å². The highest BCUT2D eigenvalue weighted by atomic mass is 16.5. The normalized spacial score (nSPS) is 12.1. The molecule has 0 fully saturated rings. The van der Waals surface area contributed by atoms with E-state index in [9.17, 15) is 4.79 Å². The number of benzene rings is 1. The molecule has 112 valence electrons. The lowest BCUT2D eigenvalue weighted by Crippen LogP contribution is -2.42. The van der Waals surface area contributed by atoms with Crippen molar-refractivity contribution in [3.63, 3.8) is 0 Å². The Balaban J connectivity index is 2.10. The molecule has 1 aromatic rings. The Labute approximate surface area is 121 Å². The standard InChI is InChI=1S/C16H26N2O2/c1-2-3-12-20-13-11-18-16(19)15(17)10-9-14-7-5-4-6-8-14/h4-8,15H,2-3,9-13,17H2,1H3,(H,18,19). The van der Waals surface area contributed by atoms with Crippen molar-refractivity contribution >= 4 is 5.91 Å². The predicted octanol–water partition coefficient (Wildman–Crippen LogP) is 1.88. The average Bonchev–Trinajstić information content (AvgIpc) is 2.49. The van der Waals surface area contributed by atoms with Crippen LogP contribution in [0.1, 0.15) is 31.7 Å². The molecule has 1 amide bonds. The molecule has 0 aromatic heterocycles. The van der Waals surface area contributed by atoms with E-state index in [4.69, 9.17) is 10.5 Å². The molecule has 0 aliphatic heterocycles. The fourth-order valence-corrected chi connectivity index (χ4v) is 1.82. The van der Waals surface area contributed by atoms with E-state index >= 15 is 0 Å². The first kappa shape index (κ1) is 16.7. The molecule has 20 heavy (non-hydrogen) atoms. The van der Waals surface area contributed by atoms with Crippen LogP contribution in [0.5, 0.6) is 0 Å². The summed E-state index contributed by atoms with van der Waals surface area (Å²) in [4.78, 5) is 11.8. The van der Waals surface area contributed by atoms with E-state index < -0.39 is 6.04 Å². The SMILES string of the molecule is CCCCOCCNC(=O)C(N)CCc1ccccc1. The summed E-state index contributed by atoms with van der Waals surface area (Å²) in [7, 11) is 0. The van der Waals surface area contributed by atoms with Crippen molar-refractivity contribution < 1.29 is 9.53 Å². The smallest absolute Gasteiger partial charge is 0.237 e. The van der Waals surface area contributed by atoms with Crippen molar-refractivity contribution in [2.45, 2.75) is 38.6 Å². The van der Waals surface area contributed by atoms with E-state index in [2.05, 4.69) is 12.2 Å². The number of rotatable bonds is 10. The van der Waals surface area contributed by atoms with Gasteiger partial charge in [-0.1, -0.05) is 43.7 Å². The van der Waals surface area contributed by atoms with E-state index in [1.54, 1.807) is 0 Å². The Morgan fingerprint density at radius 1 is 1.30 bits per heavy atom. The lowest BCUT2D eigenvalue weighted by atomic mass is 10.1. The quantitative estimate of drug-likeness (QED) is 0.642. The van der Waals surface area contributed by atoms with Crippen LogP contribution in [0.25, 0.3) is 0 Å². The van der Waals surface area contributed by atoms with Gasteiger partial charge in [-0.05, 0) is 24.8 Å². The first-order chi connectivity index (χ1) is 9.74.